The topological polar surface area (TPSA) is 70.7 Å². The number of likely N-dealkylation sites (tertiary alicyclic amines) is 1. The van der Waals surface area contributed by atoms with E-state index >= 15 is 0 Å². The number of urea groups is 1. The number of carbonyl (C=O) groups excluding carboxylic acids is 2. The van der Waals surface area contributed by atoms with Crippen LogP contribution in [0, 0.1) is 12.3 Å². The molecule has 1 aliphatic rings. The van der Waals surface area contributed by atoms with E-state index < -0.39 is 11.7 Å². The molecule has 0 radical (unpaired) electrons. The fraction of sp³-hybridized carbons (Fsp3) is 0.692. The molecular formula is C13H21N3O3. The van der Waals surface area contributed by atoms with E-state index in [4.69, 9.17) is 11.2 Å². The van der Waals surface area contributed by atoms with Crippen molar-refractivity contribution in [3.05, 3.63) is 0 Å². The number of carbonyl (C=O) groups is 2. The molecule has 1 rings (SSSR count). The molecule has 1 saturated heterocycles. The summed E-state index contributed by atoms with van der Waals surface area (Å²) < 4.78 is 5.16. The Labute approximate surface area is 113 Å². The van der Waals surface area contributed by atoms with Crippen LogP contribution in [0.25, 0.3) is 0 Å². The number of hydrogen-bond acceptors (Lipinski definition) is 3. The number of nitrogens with one attached hydrogen (secondary N) is 2. The summed E-state index contributed by atoms with van der Waals surface area (Å²) in [5, 5.41) is 5.35. The van der Waals surface area contributed by atoms with Crippen molar-refractivity contribution in [3.63, 3.8) is 0 Å². The van der Waals surface area contributed by atoms with Crippen LogP contribution in [0.4, 0.5) is 9.59 Å². The summed E-state index contributed by atoms with van der Waals surface area (Å²) in [6.45, 7) is 6.69. The Morgan fingerprint density at radius 3 is 2.74 bits per heavy atom. The van der Waals surface area contributed by atoms with Crippen molar-refractivity contribution in [2.75, 3.05) is 19.6 Å². The number of terminal acetylenes is 1. The summed E-state index contributed by atoms with van der Waals surface area (Å²) in [6.07, 6.45) is 5.33. The van der Waals surface area contributed by atoms with Gasteiger partial charge < -0.3 is 20.3 Å². The van der Waals surface area contributed by atoms with Gasteiger partial charge in [0.1, 0.15) is 5.60 Å². The lowest BCUT2D eigenvalue weighted by Gasteiger charge is -2.22. The number of nitrogens with zero attached hydrogens (tertiary/aromatic N) is 1. The van der Waals surface area contributed by atoms with Crippen molar-refractivity contribution >= 4 is 12.1 Å². The summed E-state index contributed by atoms with van der Waals surface area (Å²) in [7, 11) is 0. The van der Waals surface area contributed by atoms with Gasteiger partial charge in [0.2, 0.25) is 0 Å². The molecule has 0 saturated carbocycles. The molecule has 0 aromatic heterocycles. The molecule has 0 aliphatic carbocycles. The van der Waals surface area contributed by atoms with E-state index in [9.17, 15) is 9.59 Å². The quantitative estimate of drug-likeness (QED) is 0.731. The van der Waals surface area contributed by atoms with Gasteiger partial charge >= 0.3 is 12.1 Å². The fourth-order valence-corrected chi connectivity index (χ4v) is 1.78. The molecule has 1 atom stereocenters. The summed E-state index contributed by atoms with van der Waals surface area (Å²) in [5.41, 5.74) is -0.521. The molecule has 0 spiro atoms. The highest BCUT2D eigenvalue weighted by Gasteiger charge is 2.28. The number of alkyl carbamates (subject to hydrolysis) is 1. The van der Waals surface area contributed by atoms with Gasteiger partial charge in [-0.1, -0.05) is 5.92 Å². The molecule has 0 aromatic carbocycles. The predicted octanol–water partition coefficient (Wildman–Crippen LogP) is 0.928. The molecule has 106 valence electrons. The monoisotopic (exact) mass is 267 g/mol. The predicted molar refractivity (Wildman–Crippen MR) is 71.6 cm³/mol. The van der Waals surface area contributed by atoms with Crippen LogP contribution in [0.5, 0.6) is 0 Å². The van der Waals surface area contributed by atoms with E-state index in [1.165, 1.54) is 0 Å². The summed E-state index contributed by atoms with van der Waals surface area (Å²) in [5.74, 6) is 2.34. The molecule has 1 aliphatic heterocycles. The van der Waals surface area contributed by atoms with Crippen molar-refractivity contribution in [3.8, 4) is 12.3 Å². The Balaban J connectivity index is 2.34. The van der Waals surface area contributed by atoms with Crippen LogP contribution in [0.15, 0.2) is 0 Å². The van der Waals surface area contributed by atoms with E-state index in [0.29, 0.717) is 19.5 Å². The molecule has 2 N–H and O–H groups in total. The lowest BCUT2D eigenvalue weighted by molar-refractivity contribution is 0.0506. The zero-order valence-corrected chi connectivity index (χ0v) is 11.7. The Morgan fingerprint density at radius 2 is 2.16 bits per heavy atom. The van der Waals surface area contributed by atoms with Crippen LogP contribution in [-0.2, 0) is 4.74 Å². The van der Waals surface area contributed by atoms with E-state index in [-0.39, 0.29) is 18.6 Å². The minimum atomic E-state index is -0.521. The number of amides is 3. The zero-order chi connectivity index (χ0) is 14.5. The molecule has 6 nitrogen and oxygen atoms in total. The summed E-state index contributed by atoms with van der Waals surface area (Å²) in [6, 6.07) is -0.280. The van der Waals surface area contributed by atoms with Crippen molar-refractivity contribution in [1.82, 2.24) is 15.5 Å². The van der Waals surface area contributed by atoms with E-state index in [0.717, 1.165) is 0 Å². The molecule has 6 heteroatoms. The number of rotatable bonds is 2. The zero-order valence-electron chi connectivity index (χ0n) is 11.7. The first-order chi connectivity index (χ1) is 8.81. The van der Waals surface area contributed by atoms with Crippen LogP contribution in [0.3, 0.4) is 0 Å². The maximum absolute atomic E-state index is 11.6. The maximum atomic E-state index is 11.6. The highest BCUT2D eigenvalue weighted by molar-refractivity contribution is 5.75. The molecule has 1 unspecified atom stereocenters. The maximum Gasteiger partial charge on any atom is 0.407 e. The largest absolute Gasteiger partial charge is 0.444 e. The average Bonchev–Trinajstić information content (AvgIpc) is 2.71. The molecule has 0 bridgehead atoms. The minimum absolute atomic E-state index is 0.0774. The Morgan fingerprint density at radius 1 is 1.47 bits per heavy atom. The van der Waals surface area contributed by atoms with Gasteiger partial charge in [-0.15, -0.1) is 6.42 Å². The number of hydrogen-bond donors (Lipinski definition) is 2. The van der Waals surface area contributed by atoms with Crippen LogP contribution >= 0.6 is 0 Å². The molecule has 3 amide bonds. The molecule has 19 heavy (non-hydrogen) atoms. The summed E-state index contributed by atoms with van der Waals surface area (Å²) >= 11 is 0. The Kier molecular flexibility index (Phi) is 5.04. The second-order valence-corrected chi connectivity index (χ2v) is 5.44. The third-order valence-corrected chi connectivity index (χ3v) is 2.54. The first kappa shape index (κ1) is 15.2. The Hall–Kier alpha value is -1.90. The molecule has 1 fully saturated rings. The van der Waals surface area contributed by atoms with Crippen LogP contribution in [-0.4, -0.2) is 48.3 Å². The second-order valence-electron chi connectivity index (χ2n) is 5.44. The van der Waals surface area contributed by atoms with Crippen LogP contribution < -0.4 is 10.6 Å². The molecular weight excluding hydrogens is 246 g/mol. The van der Waals surface area contributed by atoms with Gasteiger partial charge in [-0.2, -0.15) is 0 Å². The number of ether oxygens (including phenoxy) is 1. The third-order valence-electron chi connectivity index (χ3n) is 2.54. The van der Waals surface area contributed by atoms with Gasteiger partial charge in [-0.25, -0.2) is 9.59 Å². The van der Waals surface area contributed by atoms with Gasteiger partial charge in [-0.3, -0.25) is 0 Å². The highest BCUT2D eigenvalue weighted by atomic mass is 16.6. The lowest BCUT2D eigenvalue weighted by Crippen LogP contribution is -2.43. The minimum Gasteiger partial charge on any atom is -0.444 e. The summed E-state index contributed by atoms with van der Waals surface area (Å²) in [4.78, 5) is 24.8. The van der Waals surface area contributed by atoms with Crippen molar-refractivity contribution in [2.45, 2.75) is 38.8 Å². The first-order valence-corrected chi connectivity index (χ1v) is 6.27. The van der Waals surface area contributed by atoms with Gasteiger partial charge in [0.25, 0.3) is 0 Å². The third kappa shape index (κ3) is 5.51. The van der Waals surface area contributed by atoms with E-state index in [2.05, 4.69) is 16.6 Å². The highest BCUT2D eigenvalue weighted by Crippen LogP contribution is 2.11. The fourth-order valence-electron chi connectivity index (χ4n) is 1.78. The Bertz CT molecular complexity index is 382. The second kappa shape index (κ2) is 6.32. The standard InChI is InChI=1S/C13H21N3O3/c1-5-7-14-11(17)16-8-6-10(9-16)15-12(18)19-13(2,3)4/h1,10H,6-9H2,2-4H3,(H,14,17)(H,15,18). The smallest absolute Gasteiger partial charge is 0.407 e. The van der Waals surface area contributed by atoms with Crippen molar-refractivity contribution in [1.29, 1.82) is 0 Å². The van der Waals surface area contributed by atoms with Crippen molar-refractivity contribution < 1.29 is 14.3 Å². The van der Waals surface area contributed by atoms with Gasteiger partial charge in [0.05, 0.1) is 12.6 Å². The van der Waals surface area contributed by atoms with Crippen LogP contribution in [0.1, 0.15) is 27.2 Å². The normalized spacial score (nSPS) is 18.6. The van der Waals surface area contributed by atoms with Crippen molar-refractivity contribution in [2.24, 2.45) is 0 Å². The molecule has 1 heterocycles. The van der Waals surface area contributed by atoms with Gasteiger partial charge in [0, 0.05) is 13.1 Å². The SMILES string of the molecule is C#CCNC(=O)N1CCC(NC(=O)OC(C)(C)C)C1. The average molecular weight is 267 g/mol. The van der Waals surface area contributed by atoms with E-state index in [1.807, 2.05) is 0 Å². The van der Waals surface area contributed by atoms with Gasteiger partial charge in [-0.05, 0) is 27.2 Å². The first-order valence-electron chi connectivity index (χ1n) is 6.27. The van der Waals surface area contributed by atoms with E-state index in [1.54, 1.807) is 25.7 Å². The molecule has 0 aromatic rings. The lowest BCUT2D eigenvalue weighted by atomic mass is 10.2. The van der Waals surface area contributed by atoms with Gasteiger partial charge in [0.15, 0.2) is 0 Å². The van der Waals surface area contributed by atoms with Crippen LogP contribution in [0.2, 0.25) is 0 Å².